The highest BCUT2D eigenvalue weighted by molar-refractivity contribution is 5.95. The molecule has 2 aliphatic heterocycles. The Bertz CT molecular complexity index is 806. The van der Waals surface area contributed by atoms with Crippen LogP contribution in [0.4, 0.5) is 0 Å². The molecule has 2 fully saturated rings. The van der Waals surface area contributed by atoms with E-state index in [0.717, 1.165) is 67.7 Å². The standard InChI is InChI=1S/C21H28N2O3/c1-15-5-6-18(26-15)12-22-9-4-7-21(13-22)8-10-23(14-21)20(24)19-11-16(2)25-17(19)3/h5-6,11H,4,7-10,12-14H2,1-3H3/t21-/m0/s1. The highest BCUT2D eigenvalue weighted by atomic mass is 16.3. The van der Waals surface area contributed by atoms with Crippen LogP contribution in [-0.4, -0.2) is 41.9 Å². The smallest absolute Gasteiger partial charge is 0.257 e. The van der Waals surface area contributed by atoms with Crippen molar-refractivity contribution in [3.8, 4) is 0 Å². The number of likely N-dealkylation sites (tertiary alicyclic amines) is 2. The number of piperidine rings is 1. The largest absolute Gasteiger partial charge is 0.466 e. The molecule has 2 aromatic heterocycles. The molecule has 26 heavy (non-hydrogen) atoms. The SMILES string of the molecule is Cc1ccc(CN2CCC[C@]3(CCN(C(=O)c4cc(C)oc4C)C3)C2)o1. The van der Waals surface area contributed by atoms with Crippen molar-refractivity contribution < 1.29 is 13.6 Å². The summed E-state index contributed by atoms with van der Waals surface area (Å²) in [6, 6.07) is 5.97. The van der Waals surface area contributed by atoms with Crippen LogP contribution in [0.2, 0.25) is 0 Å². The summed E-state index contributed by atoms with van der Waals surface area (Å²) >= 11 is 0. The van der Waals surface area contributed by atoms with Crippen LogP contribution in [0.1, 0.15) is 52.7 Å². The lowest BCUT2D eigenvalue weighted by atomic mass is 9.79. The van der Waals surface area contributed by atoms with Gasteiger partial charge >= 0.3 is 0 Å². The number of hydrogen-bond donors (Lipinski definition) is 0. The van der Waals surface area contributed by atoms with Gasteiger partial charge in [-0.1, -0.05) is 0 Å². The number of rotatable bonds is 3. The Morgan fingerprint density at radius 3 is 2.62 bits per heavy atom. The minimum absolute atomic E-state index is 0.120. The second-order valence-electron chi connectivity index (χ2n) is 8.13. The molecule has 2 aromatic rings. The Labute approximate surface area is 154 Å². The molecule has 0 aromatic carbocycles. The van der Waals surface area contributed by atoms with E-state index in [9.17, 15) is 4.79 Å². The van der Waals surface area contributed by atoms with Gasteiger partial charge in [0, 0.05) is 25.0 Å². The lowest BCUT2D eigenvalue weighted by Crippen LogP contribution is -2.45. The van der Waals surface area contributed by atoms with E-state index >= 15 is 0 Å². The molecular formula is C21H28N2O3. The van der Waals surface area contributed by atoms with E-state index in [1.165, 1.54) is 12.8 Å². The maximum Gasteiger partial charge on any atom is 0.257 e. The zero-order valence-corrected chi connectivity index (χ0v) is 16.0. The summed E-state index contributed by atoms with van der Waals surface area (Å²) < 4.78 is 11.3. The molecule has 0 aliphatic carbocycles. The molecule has 2 saturated heterocycles. The van der Waals surface area contributed by atoms with E-state index in [1.54, 1.807) is 0 Å². The summed E-state index contributed by atoms with van der Waals surface area (Å²) in [5.41, 5.74) is 0.945. The molecule has 0 unspecified atom stereocenters. The molecular weight excluding hydrogens is 328 g/mol. The molecule has 5 nitrogen and oxygen atoms in total. The second kappa shape index (κ2) is 6.62. The topological polar surface area (TPSA) is 49.8 Å². The van der Waals surface area contributed by atoms with Gasteiger partial charge < -0.3 is 13.7 Å². The highest BCUT2D eigenvalue weighted by Crippen LogP contribution is 2.40. The minimum Gasteiger partial charge on any atom is -0.466 e. The van der Waals surface area contributed by atoms with Gasteiger partial charge in [-0.2, -0.15) is 0 Å². The first-order valence-electron chi connectivity index (χ1n) is 9.58. The minimum atomic E-state index is 0.120. The number of aryl methyl sites for hydroxylation is 3. The molecule has 0 bridgehead atoms. The van der Waals surface area contributed by atoms with Crippen LogP contribution < -0.4 is 0 Å². The Kier molecular flexibility index (Phi) is 4.43. The molecule has 0 radical (unpaired) electrons. The number of hydrogen-bond acceptors (Lipinski definition) is 4. The molecule has 1 amide bonds. The molecule has 1 spiro atoms. The monoisotopic (exact) mass is 356 g/mol. The summed E-state index contributed by atoms with van der Waals surface area (Å²) in [7, 11) is 0. The van der Waals surface area contributed by atoms with Crippen molar-refractivity contribution in [2.45, 2.75) is 46.6 Å². The molecule has 140 valence electrons. The first-order chi connectivity index (χ1) is 12.4. The lowest BCUT2D eigenvalue weighted by molar-refractivity contribution is 0.0657. The van der Waals surface area contributed by atoms with Crippen LogP contribution in [0.15, 0.2) is 27.0 Å². The fourth-order valence-electron chi connectivity index (χ4n) is 4.69. The van der Waals surface area contributed by atoms with E-state index in [1.807, 2.05) is 37.8 Å². The van der Waals surface area contributed by atoms with Crippen molar-refractivity contribution in [1.82, 2.24) is 9.80 Å². The van der Waals surface area contributed by atoms with Gasteiger partial charge in [-0.25, -0.2) is 0 Å². The van der Waals surface area contributed by atoms with Crippen molar-refractivity contribution in [2.24, 2.45) is 5.41 Å². The average molecular weight is 356 g/mol. The molecule has 4 rings (SSSR count). The van der Waals surface area contributed by atoms with Gasteiger partial charge in [-0.15, -0.1) is 0 Å². The number of carbonyl (C=O) groups is 1. The Morgan fingerprint density at radius 1 is 1.08 bits per heavy atom. The third-order valence-corrected chi connectivity index (χ3v) is 5.91. The predicted molar refractivity (Wildman–Crippen MR) is 99.1 cm³/mol. The summed E-state index contributed by atoms with van der Waals surface area (Å²) in [4.78, 5) is 17.4. The van der Waals surface area contributed by atoms with Crippen LogP contribution in [0.3, 0.4) is 0 Å². The normalized spacial score (nSPS) is 23.9. The summed E-state index contributed by atoms with van der Waals surface area (Å²) in [5, 5.41) is 0. The van der Waals surface area contributed by atoms with Gasteiger partial charge in [0.1, 0.15) is 23.0 Å². The fraction of sp³-hybridized carbons (Fsp3) is 0.571. The summed E-state index contributed by atoms with van der Waals surface area (Å²) in [6.07, 6.45) is 3.47. The maximum atomic E-state index is 12.9. The van der Waals surface area contributed by atoms with E-state index in [4.69, 9.17) is 8.83 Å². The van der Waals surface area contributed by atoms with Gasteiger partial charge in [0.2, 0.25) is 0 Å². The average Bonchev–Trinajstić information content (AvgIpc) is 3.27. The van der Waals surface area contributed by atoms with Gasteiger partial charge in [0.05, 0.1) is 12.1 Å². The zero-order chi connectivity index (χ0) is 18.3. The fourth-order valence-corrected chi connectivity index (χ4v) is 4.69. The van der Waals surface area contributed by atoms with Crippen LogP contribution in [0.5, 0.6) is 0 Å². The third kappa shape index (κ3) is 3.32. The quantitative estimate of drug-likeness (QED) is 0.836. The van der Waals surface area contributed by atoms with Crippen molar-refractivity contribution in [1.29, 1.82) is 0 Å². The van der Waals surface area contributed by atoms with Gasteiger partial charge in [0.25, 0.3) is 5.91 Å². The molecule has 0 N–H and O–H groups in total. The van der Waals surface area contributed by atoms with Crippen molar-refractivity contribution in [3.05, 3.63) is 46.8 Å². The number of furan rings is 2. The molecule has 1 atom stereocenters. The Morgan fingerprint density at radius 2 is 1.92 bits per heavy atom. The van der Waals surface area contributed by atoms with Crippen molar-refractivity contribution >= 4 is 5.91 Å². The van der Waals surface area contributed by atoms with Crippen molar-refractivity contribution in [3.63, 3.8) is 0 Å². The maximum absolute atomic E-state index is 12.9. The molecule has 0 saturated carbocycles. The van der Waals surface area contributed by atoms with Crippen LogP contribution in [-0.2, 0) is 6.54 Å². The van der Waals surface area contributed by atoms with Gasteiger partial charge in [-0.05, 0) is 64.8 Å². The number of carbonyl (C=O) groups excluding carboxylic acids is 1. The highest BCUT2D eigenvalue weighted by Gasteiger charge is 2.43. The second-order valence-corrected chi connectivity index (χ2v) is 8.13. The van der Waals surface area contributed by atoms with Gasteiger partial charge in [-0.3, -0.25) is 9.69 Å². The summed E-state index contributed by atoms with van der Waals surface area (Å²) in [6.45, 7) is 10.5. The van der Waals surface area contributed by atoms with E-state index < -0.39 is 0 Å². The van der Waals surface area contributed by atoms with E-state index in [-0.39, 0.29) is 11.3 Å². The lowest BCUT2D eigenvalue weighted by Gasteiger charge is -2.40. The molecule has 5 heteroatoms. The molecule has 2 aliphatic rings. The van der Waals surface area contributed by atoms with E-state index in [0.29, 0.717) is 0 Å². The van der Waals surface area contributed by atoms with Crippen molar-refractivity contribution in [2.75, 3.05) is 26.2 Å². The first-order valence-corrected chi connectivity index (χ1v) is 9.58. The zero-order valence-electron chi connectivity index (χ0n) is 16.0. The number of amides is 1. The van der Waals surface area contributed by atoms with E-state index in [2.05, 4.69) is 11.0 Å². The van der Waals surface area contributed by atoms with Crippen LogP contribution >= 0.6 is 0 Å². The third-order valence-electron chi connectivity index (χ3n) is 5.91. The number of nitrogens with zero attached hydrogens (tertiary/aromatic N) is 2. The Hall–Kier alpha value is -2.01. The first kappa shape index (κ1) is 17.4. The van der Waals surface area contributed by atoms with Crippen LogP contribution in [0.25, 0.3) is 0 Å². The van der Waals surface area contributed by atoms with Crippen LogP contribution in [0, 0.1) is 26.2 Å². The predicted octanol–water partition coefficient (Wildman–Crippen LogP) is 3.93. The Balaban J connectivity index is 1.43. The summed E-state index contributed by atoms with van der Waals surface area (Å²) in [5.74, 6) is 3.66. The van der Waals surface area contributed by atoms with Gasteiger partial charge in [0.15, 0.2) is 0 Å². The molecule has 4 heterocycles.